The summed E-state index contributed by atoms with van der Waals surface area (Å²) in [5, 5.41) is 9.26. The Morgan fingerprint density at radius 1 is 1.00 bits per heavy atom. The molecule has 10 heteroatoms. The third-order valence-electron chi connectivity index (χ3n) is 3.27. The highest BCUT2D eigenvalue weighted by atomic mass is 35.5. The van der Waals surface area contributed by atoms with E-state index in [-0.39, 0.29) is 16.7 Å². The molecule has 0 aliphatic heterocycles. The van der Waals surface area contributed by atoms with Crippen molar-refractivity contribution in [1.29, 1.82) is 0 Å². The predicted molar refractivity (Wildman–Crippen MR) is 91.0 cm³/mol. The lowest BCUT2D eigenvalue weighted by molar-refractivity contribution is -0.136. The van der Waals surface area contributed by atoms with E-state index in [1.54, 1.807) is 26.0 Å². The second kappa shape index (κ2) is 6.83. The Hall–Kier alpha value is -2.81. The lowest BCUT2D eigenvalue weighted by atomic mass is 10.1. The number of hydrogen-bond donors (Lipinski definition) is 2. The van der Waals surface area contributed by atoms with Crippen LogP contribution < -0.4 is 10.6 Å². The summed E-state index contributed by atoms with van der Waals surface area (Å²) in [6.07, 6.45) is -4.57. The van der Waals surface area contributed by atoms with Gasteiger partial charge in [0.2, 0.25) is 5.95 Å². The van der Waals surface area contributed by atoms with Crippen molar-refractivity contribution in [3.05, 3.63) is 52.4 Å². The van der Waals surface area contributed by atoms with Crippen LogP contribution in [0.2, 0.25) is 5.02 Å². The van der Waals surface area contributed by atoms with E-state index < -0.39 is 11.7 Å². The number of aromatic nitrogens is 3. The summed E-state index contributed by atoms with van der Waals surface area (Å²) >= 11 is 5.68. The van der Waals surface area contributed by atoms with Gasteiger partial charge in [0.1, 0.15) is 11.6 Å². The van der Waals surface area contributed by atoms with E-state index >= 15 is 0 Å². The van der Waals surface area contributed by atoms with E-state index in [1.165, 1.54) is 12.1 Å². The van der Waals surface area contributed by atoms with Gasteiger partial charge in [-0.1, -0.05) is 16.8 Å². The molecule has 6 nitrogen and oxygen atoms in total. The topological polar surface area (TPSA) is 75.9 Å². The Morgan fingerprint density at radius 3 is 2.42 bits per heavy atom. The summed E-state index contributed by atoms with van der Waals surface area (Å²) in [5.41, 5.74) is -0.555. The van der Waals surface area contributed by atoms with Crippen molar-refractivity contribution in [3.63, 3.8) is 0 Å². The van der Waals surface area contributed by atoms with E-state index in [0.29, 0.717) is 23.1 Å². The molecule has 0 unspecified atom stereocenters. The Bertz CT molecular complexity index is 942. The van der Waals surface area contributed by atoms with Gasteiger partial charge in [-0.15, -0.1) is 0 Å². The minimum absolute atomic E-state index is 0.000499. The van der Waals surface area contributed by atoms with Crippen LogP contribution in [0.4, 0.5) is 36.4 Å². The number of nitrogens with one attached hydrogen (secondary N) is 2. The molecule has 2 heterocycles. The van der Waals surface area contributed by atoms with Gasteiger partial charge >= 0.3 is 6.18 Å². The van der Waals surface area contributed by atoms with Crippen molar-refractivity contribution in [3.8, 4) is 0 Å². The van der Waals surface area contributed by atoms with E-state index in [9.17, 15) is 13.2 Å². The highest BCUT2D eigenvalue weighted by Crippen LogP contribution is 2.37. The van der Waals surface area contributed by atoms with Crippen LogP contribution in [0.1, 0.15) is 17.0 Å². The molecule has 26 heavy (non-hydrogen) atoms. The first kappa shape index (κ1) is 18.0. The van der Waals surface area contributed by atoms with Gasteiger partial charge in [0.25, 0.3) is 0 Å². The first-order valence-corrected chi connectivity index (χ1v) is 7.78. The Balaban J connectivity index is 1.91. The molecule has 2 N–H and O–H groups in total. The van der Waals surface area contributed by atoms with Crippen LogP contribution >= 0.6 is 11.6 Å². The van der Waals surface area contributed by atoms with Crippen LogP contribution in [0.5, 0.6) is 0 Å². The van der Waals surface area contributed by atoms with Gasteiger partial charge in [-0.05, 0) is 32.0 Å². The van der Waals surface area contributed by atoms with Gasteiger partial charge < -0.3 is 15.2 Å². The third-order valence-corrected chi connectivity index (χ3v) is 3.51. The van der Waals surface area contributed by atoms with E-state index in [0.717, 1.165) is 6.07 Å². The Kier molecular flexibility index (Phi) is 4.73. The normalized spacial score (nSPS) is 11.5. The maximum Gasteiger partial charge on any atom is 0.418 e. The molecular formula is C16H13ClF3N5O. The maximum absolute atomic E-state index is 13.2. The van der Waals surface area contributed by atoms with Crippen molar-refractivity contribution in [2.24, 2.45) is 0 Å². The van der Waals surface area contributed by atoms with Crippen molar-refractivity contribution >= 4 is 34.9 Å². The summed E-state index contributed by atoms with van der Waals surface area (Å²) < 4.78 is 44.6. The van der Waals surface area contributed by atoms with Crippen LogP contribution in [-0.4, -0.2) is 15.1 Å². The fourth-order valence-electron chi connectivity index (χ4n) is 2.23. The fraction of sp³-hybridized carbons (Fsp3) is 0.188. The Labute approximate surface area is 151 Å². The van der Waals surface area contributed by atoms with Gasteiger partial charge in [0, 0.05) is 22.8 Å². The minimum atomic E-state index is -4.57. The molecule has 0 fully saturated rings. The average molecular weight is 384 g/mol. The molecule has 0 atom stereocenters. The Morgan fingerprint density at radius 2 is 1.77 bits per heavy atom. The summed E-state index contributed by atoms with van der Waals surface area (Å²) in [4.78, 5) is 8.28. The molecule has 2 aromatic heterocycles. The van der Waals surface area contributed by atoms with Gasteiger partial charge in [-0.2, -0.15) is 18.2 Å². The standard InChI is InChI=1S/C16H13ClF3N5O/c1-8-5-13(23-14-6-9(2)26-25-14)24-15(21-8)22-12-4-3-10(17)7-11(12)16(18,19)20/h3-7H,1-2H3,(H2,21,22,23,24,25). The lowest BCUT2D eigenvalue weighted by Gasteiger charge is -2.15. The second-order valence-electron chi connectivity index (χ2n) is 5.48. The number of halogens is 4. The van der Waals surface area contributed by atoms with E-state index in [4.69, 9.17) is 16.1 Å². The lowest BCUT2D eigenvalue weighted by Crippen LogP contribution is -2.10. The highest BCUT2D eigenvalue weighted by Gasteiger charge is 2.34. The second-order valence-corrected chi connectivity index (χ2v) is 5.92. The van der Waals surface area contributed by atoms with Crippen molar-refractivity contribution in [2.45, 2.75) is 20.0 Å². The molecule has 0 saturated heterocycles. The first-order chi connectivity index (χ1) is 12.2. The quantitative estimate of drug-likeness (QED) is 0.641. The molecular weight excluding hydrogens is 371 g/mol. The monoisotopic (exact) mass is 383 g/mol. The number of nitrogens with zero attached hydrogens (tertiary/aromatic N) is 3. The van der Waals surface area contributed by atoms with Crippen molar-refractivity contribution in [2.75, 3.05) is 10.6 Å². The highest BCUT2D eigenvalue weighted by molar-refractivity contribution is 6.30. The molecule has 0 saturated carbocycles. The number of benzene rings is 1. The van der Waals surface area contributed by atoms with E-state index in [2.05, 4.69) is 25.8 Å². The zero-order valence-corrected chi connectivity index (χ0v) is 14.4. The first-order valence-electron chi connectivity index (χ1n) is 7.40. The summed E-state index contributed by atoms with van der Waals surface area (Å²) in [5.74, 6) is 1.39. The van der Waals surface area contributed by atoms with Gasteiger partial charge in [0.05, 0.1) is 11.3 Å². The molecule has 3 rings (SSSR count). The van der Waals surface area contributed by atoms with Crippen molar-refractivity contribution in [1.82, 2.24) is 15.1 Å². The number of hydrogen-bond acceptors (Lipinski definition) is 6. The van der Waals surface area contributed by atoms with Crippen LogP contribution in [0.25, 0.3) is 0 Å². The molecule has 3 aromatic rings. The van der Waals surface area contributed by atoms with Gasteiger partial charge in [-0.3, -0.25) is 0 Å². The van der Waals surface area contributed by atoms with Gasteiger partial charge in [0.15, 0.2) is 5.82 Å². The molecule has 1 aromatic carbocycles. The molecule has 0 spiro atoms. The molecule has 0 amide bonds. The zero-order chi connectivity index (χ0) is 18.9. The summed E-state index contributed by atoms with van der Waals surface area (Å²) in [6.45, 7) is 3.42. The molecule has 136 valence electrons. The average Bonchev–Trinajstić information content (AvgIpc) is 2.92. The molecule has 0 aliphatic rings. The number of rotatable bonds is 4. The molecule has 0 radical (unpaired) electrons. The molecule has 0 bridgehead atoms. The SMILES string of the molecule is Cc1cc(Nc2cc(C)on2)nc(Nc2ccc(Cl)cc2C(F)(F)F)n1. The zero-order valence-electron chi connectivity index (χ0n) is 13.6. The summed E-state index contributed by atoms with van der Waals surface area (Å²) in [6, 6.07) is 6.71. The predicted octanol–water partition coefficient (Wildman–Crippen LogP) is 5.24. The number of aryl methyl sites for hydroxylation is 2. The smallest absolute Gasteiger partial charge is 0.360 e. The van der Waals surface area contributed by atoms with Crippen molar-refractivity contribution < 1.29 is 17.7 Å². The third kappa shape index (κ3) is 4.23. The number of anilines is 4. The van der Waals surface area contributed by atoms with Gasteiger partial charge in [-0.25, -0.2) is 4.98 Å². The van der Waals surface area contributed by atoms with Crippen LogP contribution in [-0.2, 0) is 6.18 Å². The van der Waals surface area contributed by atoms with E-state index in [1.807, 2.05) is 0 Å². The largest absolute Gasteiger partial charge is 0.418 e. The fourth-order valence-corrected chi connectivity index (χ4v) is 2.40. The van der Waals surface area contributed by atoms with Crippen LogP contribution in [0, 0.1) is 13.8 Å². The number of alkyl halides is 3. The minimum Gasteiger partial charge on any atom is -0.360 e. The molecule has 0 aliphatic carbocycles. The maximum atomic E-state index is 13.2. The summed E-state index contributed by atoms with van der Waals surface area (Å²) in [7, 11) is 0. The van der Waals surface area contributed by atoms with Crippen LogP contribution in [0.15, 0.2) is 34.9 Å². The van der Waals surface area contributed by atoms with Crippen LogP contribution in [0.3, 0.4) is 0 Å².